The van der Waals surface area contributed by atoms with Gasteiger partial charge in [0, 0.05) is 0 Å². The van der Waals surface area contributed by atoms with E-state index in [1.165, 1.54) is 18.2 Å². The van der Waals surface area contributed by atoms with Crippen LogP contribution in [0.3, 0.4) is 0 Å². The van der Waals surface area contributed by atoms with Gasteiger partial charge in [0.1, 0.15) is 0 Å². The summed E-state index contributed by atoms with van der Waals surface area (Å²) in [5.41, 5.74) is -1.41. The molecule has 0 aromatic heterocycles. The van der Waals surface area contributed by atoms with Crippen molar-refractivity contribution in [1.29, 1.82) is 5.26 Å². The summed E-state index contributed by atoms with van der Waals surface area (Å²) >= 11 is 0. The summed E-state index contributed by atoms with van der Waals surface area (Å²) in [5, 5.41) is 5.96. The molecule has 0 spiro atoms. The molecule has 3 nitrogen and oxygen atoms in total. The topological polar surface area (TPSA) is 42.2 Å². The van der Waals surface area contributed by atoms with Gasteiger partial charge in [0.15, 0.2) is 11.5 Å². The van der Waals surface area contributed by atoms with Gasteiger partial charge in [0.05, 0.1) is 42.9 Å². The zero-order valence-electron chi connectivity index (χ0n) is 10.1. The van der Waals surface area contributed by atoms with E-state index in [1.54, 1.807) is 0 Å². The zero-order valence-corrected chi connectivity index (χ0v) is 10.1. The van der Waals surface area contributed by atoms with Gasteiger partial charge in [0.2, 0.25) is 0 Å². The molecule has 1 aromatic carbocycles. The summed E-state index contributed by atoms with van der Waals surface area (Å²) in [5.74, 6) is -0.396. The predicted octanol–water partition coefficient (Wildman–Crippen LogP) is 0.689. The number of hydrogen-bond acceptors (Lipinski definition) is 3. The fraction of sp³-hybridized carbons (Fsp3) is 0.364. The van der Waals surface area contributed by atoms with Crippen LogP contribution in [-0.4, -0.2) is 37.7 Å². The lowest BCUT2D eigenvalue weighted by Crippen LogP contribution is -2.26. The highest BCUT2D eigenvalue weighted by molar-refractivity contribution is 6.62. The van der Waals surface area contributed by atoms with E-state index in [9.17, 15) is 14.0 Å². The lowest BCUT2D eigenvalue weighted by Gasteiger charge is -2.15. The van der Waals surface area contributed by atoms with E-state index in [1.807, 2.05) is 6.07 Å². The van der Waals surface area contributed by atoms with Gasteiger partial charge in [0.25, 0.3) is 0 Å². The SMILES string of the molecule is [B]C1([B])C([B])([B])C1(C#N)c1ccc2c(c1)OC(F)(F)O2. The monoisotopic (exact) mass is 263 g/mol. The number of alkyl halides is 2. The van der Waals surface area contributed by atoms with Gasteiger partial charge in [-0.15, -0.1) is 8.78 Å². The summed E-state index contributed by atoms with van der Waals surface area (Å²) in [6.45, 7) is 0. The number of halogens is 2. The maximum Gasteiger partial charge on any atom is 0.586 e. The number of ether oxygens (including phenoxy) is 2. The molecule has 0 atom stereocenters. The molecule has 2 aliphatic rings. The summed E-state index contributed by atoms with van der Waals surface area (Å²) in [7, 11) is 23.0. The third kappa shape index (κ3) is 1.27. The maximum atomic E-state index is 13.0. The first-order valence-corrected chi connectivity index (χ1v) is 5.56. The molecular formula is C11H3B4F2NO2. The standard InChI is InChI=1S/C11H3B4F2NO2/c12-9(13)8(4-18,10(9,14)15)5-1-2-6-7(3-5)20-11(16,17)19-6/h1-3H. The molecule has 20 heavy (non-hydrogen) atoms. The van der Waals surface area contributed by atoms with E-state index in [0.29, 0.717) is 0 Å². The van der Waals surface area contributed by atoms with Crippen LogP contribution in [0.1, 0.15) is 5.56 Å². The van der Waals surface area contributed by atoms with Crippen LogP contribution in [0.4, 0.5) is 8.78 Å². The number of benzene rings is 1. The average molecular weight is 262 g/mol. The molecule has 0 bridgehead atoms. The zero-order chi connectivity index (χ0) is 15.0. The summed E-state index contributed by atoms with van der Waals surface area (Å²) in [4.78, 5) is 0. The Balaban J connectivity index is 2.09. The first-order valence-electron chi connectivity index (χ1n) is 5.56. The lowest BCUT2D eigenvalue weighted by molar-refractivity contribution is -0.286. The van der Waals surface area contributed by atoms with Crippen LogP contribution in [0.2, 0.25) is 10.4 Å². The van der Waals surface area contributed by atoms with Crippen LogP contribution in [0.25, 0.3) is 0 Å². The lowest BCUT2D eigenvalue weighted by atomic mass is 9.49. The number of fused-ring (bicyclic) bond motifs is 1. The summed E-state index contributed by atoms with van der Waals surface area (Å²) in [6, 6.07) is 5.62. The van der Waals surface area contributed by atoms with E-state index in [0.717, 1.165) is 0 Å². The van der Waals surface area contributed by atoms with Gasteiger partial charge in [-0.1, -0.05) is 16.5 Å². The molecule has 3 rings (SSSR count). The highest BCUT2D eigenvalue weighted by Gasteiger charge is 2.75. The first-order chi connectivity index (χ1) is 9.09. The molecule has 1 fully saturated rings. The fourth-order valence-corrected chi connectivity index (χ4v) is 2.57. The molecule has 1 aliphatic carbocycles. The number of rotatable bonds is 1. The van der Waals surface area contributed by atoms with Gasteiger partial charge in [-0.2, -0.15) is 5.26 Å². The molecule has 0 amide bonds. The Morgan fingerprint density at radius 2 is 1.55 bits per heavy atom. The fourth-order valence-electron chi connectivity index (χ4n) is 2.57. The molecular weight excluding hydrogens is 259 g/mol. The van der Waals surface area contributed by atoms with Gasteiger partial charge >= 0.3 is 6.29 Å². The van der Waals surface area contributed by atoms with E-state index in [-0.39, 0.29) is 17.1 Å². The molecule has 0 unspecified atom stereocenters. The minimum absolute atomic E-state index is 0.160. The Bertz CT molecular complexity index is 642. The second kappa shape index (κ2) is 3.36. The smallest absolute Gasteiger partial charge is 0.395 e. The molecule has 1 aliphatic heterocycles. The second-order valence-corrected chi connectivity index (χ2v) is 4.93. The third-order valence-corrected chi connectivity index (χ3v) is 3.87. The third-order valence-electron chi connectivity index (χ3n) is 3.87. The maximum absolute atomic E-state index is 13.0. The quantitative estimate of drug-likeness (QED) is 0.699. The van der Waals surface area contributed by atoms with Gasteiger partial charge < -0.3 is 9.47 Å². The average Bonchev–Trinajstić information content (AvgIpc) is 2.56. The van der Waals surface area contributed by atoms with Crippen molar-refractivity contribution in [2.75, 3.05) is 0 Å². The summed E-state index contributed by atoms with van der Waals surface area (Å²) in [6.07, 6.45) is -3.75. The van der Waals surface area contributed by atoms with Crippen LogP contribution < -0.4 is 9.47 Å². The molecule has 0 saturated heterocycles. The Labute approximate surface area is 119 Å². The van der Waals surface area contributed by atoms with Gasteiger partial charge in [-0.3, -0.25) is 0 Å². The van der Waals surface area contributed by atoms with E-state index in [4.69, 9.17) is 31.4 Å². The molecule has 1 saturated carbocycles. The van der Waals surface area contributed by atoms with Gasteiger partial charge in [-0.05, 0) is 17.7 Å². The van der Waals surface area contributed by atoms with E-state index >= 15 is 0 Å². The van der Waals surface area contributed by atoms with Crippen LogP contribution >= 0.6 is 0 Å². The number of nitriles is 1. The molecule has 9 heteroatoms. The normalized spacial score (nSPS) is 25.6. The van der Waals surface area contributed by atoms with Crippen molar-refractivity contribution in [1.82, 2.24) is 0 Å². The second-order valence-electron chi connectivity index (χ2n) is 4.93. The molecule has 90 valence electrons. The van der Waals surface area contributed by atoms with E-state index < -0.39 is 22.1 Å². The molecule has 1 heterocycles. The predicted molar refractivity (Wildman–Crippen MR) is 68.3 cm³/mol. The van der Waals surface area contributed by atoms with Crippen molar-refractivity contribution in [2.45, 2.75) is 22.1 Å². The number of hydrogen-bond donors (Lipinski definition) is 0. The van der Waals surface area contributed by atoms with Crippen molar-refractivity contribution in [2.24, 2.45) is 0 Å². The van der Waals surface area contributed by atoms with Crippen molar-refractivity contribution in [3.8, 4) is 17.6 Å². The van der Waals surface area contributed by atoms with Crippen molar-refractivity contribution >= 4 is 31.4 Å². The summed E-state index contributed by atoms with van der Waals surface area (Å²) < 4.78 is 34.5. The van der Waals surface area contributed by atoms with Crippen molar-refractivity contribution in [3.63, 3.8) is 0 Å². The van der Waals surface area contributed by atoms with Crippen molar-refractivity contribution < 1.29 is 18.3 Å². The van der Waals surface area contributed by atoms with E-state index in [2.05, 4.69) is 9.47 Å². The Kier molecular flexibility index (Phi) is 2.25. The highest BCUT2D eigenvalue weighted by atomic mass is 19.3. The van der Waals surface area contributed by atoms with Crippen LogP contribution in [0.15, 0.2) is 18.2 Å². The Morgan fingerprint density at radius 3 is 2.05 bits per heavy atom. The van der Waals surface area contributed by atoms with Crippen molar-refractivity contribution in [3.05, 3.63) is 23.8 Å². The minimum Gasteiger partial charge on any atom is -0.395 e. The molecule has 8 radical (unpaired) electrons. The Morgan fingerprint density at radius 1 is 1.00 bits per heavy atom. The number of nitrogens with zero attached hydrogens (tertiary/aromatic N) is 1. The van der Waals surface area contributed by atoms with Crippen LogP contribution in [0.5, 0.6) is 11.5 Å². The minimum atomic E-state index is -3.75. The Hall–Kier alpha value is -1.57. The van der Waals surface area contributed by atoms with Crippen LogP contribution in [0, 0.1) is 11.3 Å². The molecule has 0 N–H and O–H groups in total. The van der Waals surface area contributed by atoms with Crippen LogP contribution in [-0.2, 0) is 5.41 Å². The van der Waals surface area contributed by atoms with Gasteiger partial charge in [-0.25, -0.2) is 0 Å². The first kappa shape index (κ1) is 13.4. The largest absolute Gasteiger partial charge is 0.586 e. The molecule has 1 aromatic rings. The highest BCUT2D eigenvalue weighted by Crippen LogP contribution is 2.82.